The molecule has 0 radical (unpaired) electrons. The summed E-state index contributed by atoms with van der Waals surface area (Å²) >= 11 is 0. The maximum absolute atomic E-state index is 12.6. The van der Waals surface area contributed by atoms with Crippen molar-refractivity contribution in [1.29, 1.82) is 0 Å². The van der Waals surface area contributed by atoms with E-state index in [2.05, 4.69) is 0 Å². The van der Waals surface area contributed by atoms with Gasteiger partial charge in [-0.15, -0.1) is 0 Å². The number of hydrogen-bond acceptors (Lipinski definition) is 5. The maximum Gasteiger partial charge on any atom is 0.323 e. The Kier molecular flexibility index (Phi) is 5.47. The predicted octanol–water partition coefficient (Wildman–Crippen LogP) is 2.33. The number of carboxylic acids is 1. The molecular formula is C17H19NO6. The van der Waals surface area contributed by atoms with Gasteiger partial charge in [0.25, 0.3) is 5.91 Å². The number of methoxy groups -OCH3 is 2. The van der Waals surface area contributed by atoms with Crippen molar-refractivity contribution in [2.45, 2.75) is 13.5 Å². The summed E-state index contributed by atoms with van der Waals surface area (Å²) in [6.45, 7) is 1.33. The lowest BCUT2D eigenvalue weighted by Crippen LogP contribution is -2.35. The number of carboxylic acid groups (broad SMARTS) is 1. The fourth-order valence-electron chi connectivity index (χ4n) is 2.32. The van der Waals surface area contributed by atoms with Crippen LogP contribution in [0.1, 0.15) is 21.7 Å². The number of carbonyl (C=O) groups excluding carboxylic acids is 1. The summed E-state index contributed by atoms with van der Waals surface area (Å²) in [5.74, 6) is 0.0570. The lowest BCUT2D eigenvalue weighted by Gasteiger charge is -2.21. The SMILES string of the molecule is COc1cc(CN(CC(=O)O)C(=O)c2ccoc2C)cc(OC)c1. The van der Waals surface area contributed by atoms with E-state index in [9.17, 15) is 9.59 Å². The van der Waals surface area contributed by atoms with Crippen LogP contribution in [0.2, 0.25) is 0 Å². The van der Waals surface area contributed by atoms with E-state index in [-0.39, 0.29) is 6.54 Å². The van der Waals surface area contributed by atoms with Crippen LogP contribution < -0.4 is 9.47 Å². The Morgan fingerprint density at radius 2 is 1.79 bits per heavy atom. The van der Waals surface area contributed by atoms with Crippen LogP contribution in [0.3, 0.4) is 0 Å². The smallest absolute Gasteiger partial charge is 0.323 e. The second-order valence-corrected chi connectivity index (χ2v) is 5.17. The summed E-state index contributed by atoms with van der Waals surface area (Å²) in [6, 6.07) is 6.69. The number of benzene rings is 1. The molecule has 0 saturated heterocycles. The van der Waals surface area contributed by atoms with Crippen LogP contribution in [0.4, 0.5) is 0 Å². The van der Waals surface area contributed by atoms with Crippen molar-refractivity contribution in [1.82, 2.24) is 4.90 Å². The van der Waals surface area contributed by atoms with E-state index in [1.54, 1.807) is 25.1 Å². The Balaban J connectivity index is 2.31. The van der Waals surface area contributed by atoms with E-state index in [4.69, 9.17) is 19.0 Å². The molecule has 1 heterocycles. The van der Waals surface area contributed by atoms with Crippen molar-refractivity contribution < 1.29 is 28.6 Å². The summed E-state index contributed by atoms with van der Waals surface area (Å²) in [6.07, 6.45) is 1.40. The van der Waals surface area contributed by atoms with Crippen molar-refractivity contribution in [3.05, 3.63) is 47.4 Å². The standard InChI is InChI=1S/C17H19NO6/c1-11-15(4-5-24-11)17(21)18(10-16(19)20)9-12-6-13(22-2)8-14(7-12)23-3/h4-8H,9-10H2,1-3H3,(H,19,20). The second-order valence-electron chi connectivity index (χ2n) is 5.17. The van der Waals surface area contributed by atoms with Crippen molar-refractivity contribution in [3.8, 4) is 11.5 Å². The Morgan fingerprint density at radius 1 is 1.17 bits per heavy atom. The van der Waals surface area contributed by atoms with Gasteiger partial charge in [0.15, 0.2) is 0 Å². The van der Waals surface area contributed by atoms with Gasteiger partial charge < -0.3 is 23.9 Å². The van der Waals surface area contributed by atoms with Crippen molar-refractivity contribution in [3.63, 3.8) is 0 Å². The van der Waals surface area contributed by atoms with Crippen LogP contribution in [-0.4, -0.2) is 42.6 Å². The molecule has 0 spiro atoms. The van der Waals surface area contributed by atoms with Gasteiger partial charge in [-0.05, 0) is 30.7 Å². The number of carbonyl (C=O) groups is 2. The molecule has 7 heteroatoms. The number of amides is 1. The van der Waals surface area contributed by atoms with Crippen LogP contribution in [0.15, 0.2) is 34.9 Å². The average Bonchev–Trinajstić information content (AvgIpc) is 2.98. The minimum Gasteiger partial charge on any atom is -0.497 e. The number of ether oxygens (including phenoxy) is 2. The first kappa shape index (κ1) is 17.4. The molecule has 0 atom stereocenters. The van der Waals surface area contributed by atoms with Crippen LogP contribution in [-0.2, 0) is 11.3 Å². The number of nitrogens with zero attached hydrogens (tertiary/aromatic N) is 1. The summed E-state index contributed by atoms with van der Waals surface area (Å²) in [4.78, 5) is 25.0. The van der Waals surface area contributed by atoms with Gasteiger partial charge in [-0.1, -0.05) is 0 Å². The first-order valence-corrected chi connectivity index (χ1v) is 7.21. The molecule has 1 aromatic heterocycles. The molecule has 2 rings (SSSR count). The number of aryl methyl sites for hydroxylation is 1. The number of rotatable bonds is 7. The molecule has 0 aliphatic heterocycles. The third-order valence-electron chi connectivity index (χ3n) is 3.49. The molecule has 1 N–H and O–H groups in total. The van der Waals surface area contributed by atoms with E-state index in [0.717, 1.165) is 0 Å². The van der Waals surface area contributed by atoms with Gasteiger partial charge in [-0.3, -0.25) is 9.59 Å². The van der Waals surface area contributed by atoms with E-state index in [0.29, 0.717) is 28.4 Å². The molecule has 7 nitrogen and oxygen atoms in total. The lowest BCUT2D eigenvalue weighted by molar-refractivity contribution is -0.137. The average molecular weight is 333 g/mol. The van der Waals surface area contributed by atoms with Crippen LogP contribution in [0, 0.1) is 6.92 Å². The number of aliphatic carboxylic acids is 1. The van der Waals surface area contributed by atoms with Crippen molar-refractivity contribution in [2.75, 3.05) is 20.8 Å². The molecular weight excluding hydrogens is 314 g/mol. The zero-order chi connectivity index (χ0) is 17.7. The summed E-state index contributed by atoms with van der Waals surface area (Å²) in [5, 5.41) is 9.11. The van der Waals surface area contributed by atoms with Gasteiger partial charge in [-0.25, -0.2) is 0 Å². The van der Waals surface area contributed by atoms with Gasteiger partial charge in [0.2, 0.25) is 0 Å². The molecule has 0 unspecified atom stereocenters. The Hall–Kier alpha value is -2.96. The number of furan rings is 1. The first-order chi connectivity index (χ1) is 11.4. The highest BCUT2D eigenvalue weighted by Gasteiger charge is 2.22. The number of hydrogen-bond donors (Lipinski definition) is 1. The zero-order valence-electron chi connectivity index (χ0n) is 13.7. The van der Waals surface area contributed by atoms with Crippen LogP contribution in [0.25, 0.3) is 0 Å². The lowest BCUT2D eigenvalue weighted by atomic mass is 10.1. The van der Waals surface area contributed by atoms with Gasteiger partial charge in [-0.2, -0.15) is 0 Å². The Labute approximate surface area is 139 Å². The second kappa shape index (κ2) is 7.54. The normalized spacial score (nSPS) is 10.3. The Bertz CT molecular complexity index is 714. The van der Waals surface area contributed by atoms with Crippen molar-refractivity contribution in [2.24, 2.45) is 0 Å². The largest absolute Gasteiger partial charge is 0.497 e. The summed E-state index contributed by atoms with van der Waals surface area (Å²) in [7, 11) is 3.04. The minimum atomic E-state index is -1.10. The molecule has 0 fully saturated rings. The van der Waals surface area contributed by atoms with E-state index in [1.165, 1.54) is 31.4 Å². The van der Waals surface area contributed by atoms with E-state index >= 15 is 0 Å². The van der Waals surface area contributed by atoms with E-state index in [1.807, 2.05) is 0 Å². The van der Waals surface area contributed by atoms with Crippen molar-refractivity contribution >= 4 is 11.9 Å². The minimum absolute atomic E-state index is 0.101. The molecule has 0 aliphatic rings. The fraction of sp³-hybridized carbons (Fsp3) is 0.294. The van der Waals surface area contributed by atoms with Gasteiger partial charge in [0, 0.05) is 12.6 Å². The van der Waals surface area contributed by atoms with Crippen LogP contribution >= 0.6 is 0 Å². The zero-order valence-corrected chi connectivity index (χ0v) is 13.7. The van der Waals surface area contributed by atoms with Gasteiger partial charge in [0.1, 0.15) is 23.8 Å². The molecule has 24 heavy (non-hydrogen) atoms. The van der Waals surface area contributed by atoms with E-state index < -0.39 is 18.4 Å². The van der Waals surface area contributed by atoms with Gasteiger partial charge in [0.05, 0.1) is 26.0 Å². The molecule has 1 amide bonds. The molecule has 128 valence electrons. The fourth-order valence-corrected chi connectivity index (χ4v) is 2.32. The maximum atomic E-state index is 12.6. The Morgan fingerprint density at radius 3 is 2.25 bits per heavy atom. The molecule has 2 aromatic rings. The topological polar surface area (TPSA) is 89.2 Å². The molecule has 0 bridgehead atoms. The third kappa shape index (κ3) is 4.07. The highest BCUT2D eigenvalue weighted by molar-refractivity contribution is 5.96. The highest BCUT2D eigenvalue weighted by atomic mass is 16.5. The van der Waals surface area contributed by atoms with Gasteiger partial charge >= 0.3 is 5.97 Å². The molecule has 0 saturated carbocycles. The van der Waals surface area contributed by atoms with Crippen LogP contribution in [0.5, 0.6) is 11.5 Å². The monoisotopic (exact) mass is 333 g/mol. The highest BCUT2D eigenvalue weighted by Crippen LogP contribution is 2.24. The quantitative estimate of drug-likeness (QED) is 0.836. The summed E-state index contributed by atoms with van der Waals surface area (Å²) < 4.78 is 15.5. The predicted molar refractivity (Wildman–Crippen MR) is 85.4 cm³/mol. The summed E-state index contributed by atoms with van der Waals surface area (Å²) in [5.41, 5.74) is 1.04. The first-order valence-electron chi connectivity index (χ1n) is 7.21. The molecule has 1 aromatic carbocycles. The molecule has 0 aliphatic carbocycles. The third-order valence-corrected chi connectivity index (χ3v) is 3.49.